The minimum Gasteiger partial charge on any atom is -0.394 e. The van der Waals surface area contributed by atoms with Crippen molar-refractivity contribution in [1.82, 2.24) is 0 Å². The standard InChI is InChI=1S/C27H49NO21/c28-2-1-3-42-24-18(39)14(35)21(9(5-30)44-24)48-26-20(41)16(37)23(11(7-32)46-26)49-27-19(40)15(36)22(10(6-31)45-27)47-25-17(38)13(34)12(33)8(4-29)43-25/h8-27,29-41H,1-7,28H2. The van der Waals surface area contributed by atoms with E-state index in [9.17, 15) is 66.4 Å². The first-order valence-corrected chi connectivity index (χ1v) is 15.8. The van der Waals surface area contributed by atoms with E-state index >= 15 is 0 Å². The molecule has 0 aromatic carbocycles. The second-order valence-corrected chi connectivity index (χ2v) is 12.1. The quantitative estimate of drug-likeness (QED) is 0.0740. The molecule has 0 radical (unpaired) electrons. The molecule has 4 fully saturated rings. The topological polar surface area (TPSA) is 363 Å². The summed E-state index contributed by atoms with van der Waals surface area (Å²) < 4.78 is 44.0. The van der Waals surface area contributed by atoms with Gasteiger partial charge in [0.25, 0.3) is 0 Å². The molecule has 22 nitrogen and oxygen atoms in total. The molecule has 15 N–H and O–H groups in total. The maximum atomic E-state index is 11.0. The van der Waals surface area contributed by atoms with Gasteiger partial charge in [0.15, 0.2) is 25.2 Å². The van der Waals surface area contributed by atoms with Crippen molar-refractivity contribution in [3.05, 3.63) is 0 Å². The molecule has 20 unspecified atom stereocenters. The normalized spacial score (nSPS) is 49.6. The maximum absolute atomic E-state index is 11.0. The van der Waals surface area contributed by atoms with Gasteiger partial charge in [-0.25, -0.2) is 0 Å². The molecule has 4 rings (SSSR count). The van der Waals surface area contributed by atoms with Crippen LogP contribution in [0.5, 0.6) is 0 Å². The largest absolute Gasteiger partial charge is 0.394 e. The van der Waals surface area contributed by atoms with E-state index in [0.717, 1.165) is 0 Å². The van der Waals surface area contributed by atoms with Crippen LogP contribution < -0.4 is 5.73 Å². The van der Waals surface area contributed by atoms with Crippen molar-refractivity contribution in [1.29, 1.82) is 0 Å². The van der Waals surface area contributed by atoms with Crippen LogP contribution in [0.2, 0.25) is 0 Å². The molecule has 49 heavy (non-hydrogen) atoms. The van der Waals surface area contributed by atoms with Crippen molar-refractivity contribution < 1.29 is 104 Å². The van der Waals surface area contributed by atoms with E-state index in [2.05, 4.69) is 0 Å². The predicted molar refractivity (Wildman–Crippen MR) is 151 cm³/mol. The number of aliphatic hydroxyl groups excluding tert-OH is 13. The molecule has 4 heterocycles. The van der Waals surface area contributed by atoms with Crippen LogP contribution >= 0.6 is 0 Å². The van der Waals surface area contributed by atoms with Crippen molar-refractivity contribution in [3.63, 3.8) is 0 Å². The van der Waals surface area contributed by atoms with Gasteiger partial charge in [-0.15, -0.1) is 0 Å². The molecule has 0 saturated carbocycles. The van der Waals surface area contributed by atoms with Crippen LogP contribution in [0.4, 0.5) is 0 Å². The van der Waals surface area contributed by atoms with Gasteiger partial charge in [-0.1, -0.05) is 0 Å². The molecule has 0 amide bonds. The lowest BCUT2D eigenvalue weighted by Gasteiger charge is -2.49. The SMILES string of the molecule is NCCCOC1OC(CO)C(OC2OC(CO)C(OC3OC(CO)C(OC4OC(CO)C(O)C(O)C4O)C(O)C3O)C(O)C2O)C(O)C1O. The average Bonchev–Trinajstić information content (AvgIpc) is 3.10. The van der Waals surface area contributed by atoms with Gasteiger partial charge in [-0.2, -0.15) is 0 Å². The first-order chi connectivity index (χ1) is 23.3. The van der Waals surface area contributed by atoms with E-state index in [1.807, 2.05) is 0 Å². The summed E-state index contributed by atoms with van der Waals surface area (Å²) in [7, 11) is 0. The molecule has 0 aromatic rings. The predicted octanol–water partition coefficient (Wildman–Crippen LogP) is -9.38. The third-order valence-corrected chi connectivity index (χ3v) is 8.81. The summed E-state index contributed by atoms with van der Waals surface area (Å²) in [6, 6.07) is 0. The molecule has 20 atom stereocenters. The lowest BCUT2D eigenvalue weighted by molar-refractivity contribution is -0.388. The molecule has 4 aliphatic rings. The summed E-state index contributed by atoms with van der Waals surface area (Å²) in [5.41, 5.74) is 5.42. The molecule has 288 valence electrons. The zero-order chi connectivity index (χ0) is 36.2. The summed E-state index contributed by atoms with van der Waals surface area (Å²) in [5, 5.41) is 134. The zero-order valence-corrected chi connectivity index (χ0v) is 26.2. The van der Waals surface area contributed by atoms with Crippen molar-refractivity contribution in [2.45, 2.75) is 129 Å². The summed E-state index contributed by atoms with van der Waals surface area (Å²) in [6.07, 6.45) is -33.8. The Morgan fingerprint density at radius 3 is 1.10 bits per heavy atom. The Hall–Kier alpha value is -0.880. The molecule has 0 aromatic heterocycles. The van der Waals surface area contributed by atoms with Gasteiger partial charge in [0.05, 0.1) is 33.0 Å². The smallest absolute Gasteiger partial charge is 0.187 e. The minimum absolute atomic E-state index is 0.0756. The number of ether oxygens (including phenoxy) is 8. The number of aliphatic hydroxyl groups is 13. The van der Waals surface area contributed by atoms with Gasteiger partial charge >= 0.3 is 0 Å². The van der Waals surface area contributed by atoms with Crippen molar-refractivity contribution >= 4 is 0 Å². The highest BCUT2D eigenvalue weighted by Crippen LogP contribution is 2.34. The molecular weight excluding hydrogens is 674 g/mol. The van der Waals surface area contributed by atoms with Crippen LogP contribution in [0.1, 0.15) is 6.42 Å². The molecular formula is C27H49NO21. The number of hydrogen-bond acceptors (Lipinski definition) is 22. The van der Waals surface area contributed by atoms with E-state index in [1.165, 1.54) is 0 Å². The molecule has 4 saturated heterocycles. The summed E-state index contributed by atoms with van der Waals surface area (Å²) >= 11 is 0. The van der Waals surface area contributed by atoms with Crippen LogP contribution in [0.3, 0.4) is 0 Å². The Kier molecular flexibility index (Phi) is 15.2. The number of hydrogen-bond donors (Lipinski definition) is 14. The van der Waals surface area contributed by atoms with Gasteiger partial charge in [0, 0.05) is 0 Å². The average molecular weight is 724 g/mol. The Morgan fingerprint density at radius 1 is 0.408 bits per heavy atom. The molecule has 22 heteroatoms. The van der Waals surface area contributed by atoms with Gasteiger partial charge in [0.2, 0.25) is 0 Å². The zero-order valence-electron chi connectivity index (χ0n) is 26.2. The Bertz CT molecular complexity index is 981. The van der Waals surface area contributed by atoms with Gasteiger partial charge < -0.3 is 110 Å². The molecule has 4 aliphatic heterocycles. The summed E-state index contributed by atoms with van der Waals surface area (Å²) in [4.78, 5) is 0. The fourth-order valence-electron chi connectivity index (χ4n) is 5.95. The van der Waals surface area contributed by atoms with Crippen LogP contribution in [-0.2, 0) is 37.9 Å². The number of nitrogens with two attached hydrogens (primary N) is 1. The summed E-state index contributed by atoms with van der Waals surface area (Å²) in [5.74, 6) is 0. The van der Waals surface area contributed by atoms with Crippen LogP contribution in [0, 0.1) is 0 Å². The van der Waals surface area contributed by atoms with Crippen molar-refractivity contribution in [2.24, 2.45) is 5.73 Å². The molecule has 0 aliphatic carbocycles. The fourth-order valence-corrected chi connectivity index (χ4v) is 5.95. The monoisotopic (exact) mass is 723 g/mol. The van der Waals surface area contributed by atoms with E-state index in [1.54, 1.807) is 0 Å². The highest BCUT2D eigenvalue weighted by molar-refractivity contribution is 4.97. The van der Waals surface area contributed by atoms with E-state index < -0.39 is 149 Å². The fraction of sp³-hybridized carbons (Fsp3) is 1.00. The van der Waals surface area contributed by atoms with Gasteiger partial charge in [-0.3, -0.25) is 0 Å². The Morgan fingerprint density at radius 2 is 0.735 bits per heavy atom. The van der Waals surface area contributed by atoms with Crippen molar-refractivity contribution in [3.8, 4) is 0 Å². The van der Waals surface area contributed by atoms with Crippen LogP contribution in [0.25, 0.3) is 0 Å². The highest BCUT2D eigenvalue weighted by atomic mass is 16.8. The third kappa shape index (κ3) is 8.85. The Labute approximate surface area is 279 Å². The first-order valence-electron chi connectivity index (χ1n) is 15.8. The second-order valence-electron chi connectivity index (χ2n) is 12.1. The Balaban J connectivity index is 1.41. The van der Waals surface area contributed by atoms with E-state index in [0.29, 0.717) is 6.42 Å². The number of rotatable bonds is 14. The third-order valence-electron chi connectivity index (χ3n) is 8.81. The van der Waals surface area contributed by atoms with E-state index in [4.69, 9.17) is 43.6 Å². The van der Waals surface area contributed by atoms with Gasteiger partial charge in [-0.05, 0) is 13.0 Å². The van der Waals surface area contributed by atoms with E-state index in [-0.39, 0.29) is 13.2 Å². The van der Waals surface area contributed by atoms with Crippen molar-refractivity contribution in [2.75, 3.05) is 39.6 Å². The molecule has 0 bridgehead atoms. The maximum Gasteiger partial charge on any atom is 0.187 e. The molecule has 0 spiro atoms. The summed E-state index contributed by atoms with van der Waals surface area (Å²) in [6.45, 7) is -2.94. The minimum atomic E-state index is -2.02. The van der Waals surface area contributed by atoms with Crippen LogP contribution in [-0.4, -0.2) is 229 Å². The highest BCUT2D eigenvalue weighted by Gasteiger charge is 2.55. The van der Waals surface area contributed by atoms with Gasteiger partial charge in [0.1, 0.15) is 97.7 Å². The lowest BCUT2D eigenvalue weighted by atomic mass is 9.95. The second kappa shape index (κ2) is 18.2. The first kappa shape index (κ1) is 40.9. The van der Waals surface area contributed by atoms with Crippen LogP contribution in [0.15, 0.2) is 0 Å². The lowest BCUT2D eigenvalue weighted by Crippen LogP contribution is -2.67.